The molecule has 0 spiro atoms. The molecular weight excluding hydrogens is 232 g/mol. The Morgan fingerprint density at radius 2 is 2.11 bits per heavy atom. The first-order chi connectivity index (χ1) is 8.74. The second-order valence-corrected chi connectivity index (χ2v) is 4.02. The second kappa shape index (κ2) is 8.85. The van der Waals surface area contributed by atoms with E-state index in [9.17, 15) is 0 Å². The van der Waals surface area contributed by atoms with E-state index in [0.29, 0.717) is 25.7 Å². The highest BCUT2D eigenvalue weighted by Gasteiger charge is 2.02. The van der Waals surface area contributed by atoms with Crippen LogP contribution in [0.4, 0.5) is 0 Å². The summed E-state index contributed by atoms with van der Waals surface area (Å²) < 4.78 is 15.8. The van der Waals surface area contributed by atoms with E-state index in [2.05, 4.69) is 4.98 Å². The molecule has 0 bridgehead atoms. The first kappa shape index (κ1) is 14.9. The van der Waals surface area contributed by atoms with E-state index in [1.807, 2.05) is 19.1 Å². The van der Waals surface area contributed by atoms with Crippen molar-refractivity contribution >= 4 is 0 Å². The van der Waals surface area contributed by atoms with Crippen LogP contribution in [0.25, 0.3) is 0 Å². The molecular formula is C13H22N2O3. The van der Waals surface area contributed by atoms with Gasteiger partial charge < -0.3 is 19.9 Å². The summed E-state index contributed by atoms with van der Waals surface area (Å²) in [6.45, 7) is 4.37. The van der Waals surface area contributed by atoms with Gasteiger partial charge >= 0.3 is 0 Å². The Kier molecular flexibility index (Phi) is 7.32. The molecule has 0 aliphatic rings. The van der Waals surface area contributed by atoms with Crippen LogP contribution in [0.3, 0.4) is 0 Å². The average Bonchev–Trinajstić information content (AvgIpc) is 2.38. The van der Waals surface area contributed by atoms with Gasteiger partial charge in [-0.1, -0.05) is 0 Å². The lowest BCUT2D eigenvalue weighted by Gasteiger charge is -2.09. The lowest BCUT2D eigenvalue weighted by Crippen LogP contribution is -2.10. The number of nitrogens with zero attached hydrogens (tertiary/aromatic N) is 1. The molecule has 1 aromatic heterocycles. The second-order valence-electron chi connectivity index (χ2n) is 4.02. The Bertz CT molecular complexity index is 332. The van der Waals surface area contributed by atoms with Crippen LogP contribution in [0.15, 0.2) is 18.3 Å². The third kappa shape index (κ3) is 5.95. The van der Waals surface area contributed by atoms with E-state index in [0.717, 1.165) is 18.6 Å². The van der Waals surface area contributed by atoms with Gasteiger partial charge in [-0.05, 0) is 25.0 Å². The maximum atomic E-state index is 5.79. The lowest BCUT2D eigenvalue weighted by molar-refractivity contribution is 0.0795. The van der Waals surface area contributed by atoms with Gasteiger partial charge in [0.1, 0.15) is 6.61 Å². The molecule has 0 radical (unpaired) electrons. The van der Waals surface area contributed by atoms with Gasteiger partial charge in [-0.15, -0.1) is 0 Å². The summed E-state index contributed by atoms with van der Waals surface area (Å²) >= 11 is 0. The molecule has 1 rings (SSSR count). The van der Waals surface area contributed by atoms with Crippen LogP contribution in [0.1, 0.15) is 24.9 Å². The Labute approximate surface area is 108 Å². The highest BCUT2D eigenvalue weighted by Crippen LogP contribution is 2.14. The molecule has 0 aliphatic heterocycles. The predicted molar refractivity (Wildman–Crippen MR) is 69.6 cm³/mol. The fourth-order valence-corrected chi connectivity index (χ4v) is 1.40. The standard InChI is InChI=1S/C13H22N2O3/c1-11(14)12-4-5-15-13(10-12)18-9-8-17-7-3-6-16-2/h4-5,10-11H,3,6-9,14H2,1-2H3/t11-/m1/s1. The maximum absolute atomic E-state index is 5.79. The quantitative estimate of drug-likeness (QED) is 0.677. The van der Waals surface area contributed by atoms with Crippen LogP contribution in [0, 0.1) is 0 Å². The van der Waals surface area contributed by atoms with Crippen molar-refractivity contribution in [2.45, 2.75) is 19.4 Å². The summed E-state index contributed by atoms with van der Waals surface area (Å²) in [5.74, 6) is 0.588. The van der Waals surface area contributed by atoms with Crippen molar-refractivity contribution < 1.29 is 14.2 Å². The molecule has 0 saturated carbocycles. The number of rotatable bonds is 9. The van der Waals surface area contributed by atoms with Gasteiger partial charge in [-0.2, -0.15) is 0 Å². The number of methoxy groups -OCH3 is 1. The maximum Gasteiger partial charge on any atom is 0.213 e. The fraction of sp³-hybridized carbons (Fsp3) is 0.615. The molecule has 5 nitrogen and oxygen atoms in total. The third-order valence-corrected chi connectivity index (χ3v) is 2.40. The largest absolute Gasteiger partial charge is 0.475 e. The first-order valence-corrected chi connectivity index (χ1v) is 6.15. The van der Waals surface area contributed by atoms with E-state index >= 15 is 0 Å². The van der Waals surface area contributed by atoms with Gasteiger partial charge in [-0.3, -0.25) is 0 Å². The summed E-state index contributed by atoms with van der Waals surface area (Å²) in [7, 11) is 1.68. The van der Waals surface area contributed by atoms with Crippen LogP contribution in [0.2, 0.25) is 0 Å². The number of hydrogen-bond acceptors (Lipinski definition) is 5. The van der Waals surface area contributed by atoms with Gasteiger partial charge in [0.2, 0.25) is 5.88 Å². The van der Waals surface area contributed by atoms with Crippen molar-refractivity contribution in [2.75, 3.05) is 33.5 Å². The molecule has 0 unspecified atom stereocenters. The molecule has 102 valence electrons. The zero-order chi connectivity index (χ0) is 13.2. The predicted octanol–water partition coefficient (Wildman–Crippen LogP) is 1.53. The number of hydrogen-bond donors (Lipinski definition) is 1. The SMILES string of the molecule is COCCCOCCOc1cc([C@@H](C)N)ccn1. The van der Waals surface area contributed by atoms with Crippen molar-refractivity contribution in [3.8, 4) is 5.88 Å². The molecule has 0 aliphatic carbocycles. The fourth-order valence-electron chi connectivity index (χ4n) is 1.40. The Morgan fingerprint density at radius 1 is 1.28 bits per heavy atom. The summed E-state index contributed by atoms with van der Waals surface area (Å²) in [6.07, 6.45) is 2.60. The minimum absolute atomic E-state index is 0.0133. The molecule has 1 heterocycles. The van der Waals surface area contributed by atoms with E-state index in [1.165, 1.54) is 0 Å². The molecule has 1 atom stereocenters. The number of nitrogens with two attached hydrogens (primary N) is 1. The van der Waals surface area contributed by atoms with Gasteiger partial charge in [0.05, 0.1) is 6.61 Å². The first-order valence-electron chi connectivity index (χ1n) is 6.15. The normalized spacial score (nSPS) is 12.4. The Hall–Kier alpha value is -1.17. The highest BCUT2D eigenvalue weighted by molar-refractivity contribution is 5.22. The van der Waals surface area contributed by atoms with Crippen molar-refractivity contribution in [1.29, 1.82) is 0 Å². The highest BCUT2D eigenvalue weighted by atomic mass is 16.5. The van der Waals surface area contributed by atoms with Crippen molar-refractivity contribution in [3.63, 3.8) is 0 Å². The van der Waals surface area contributed by atoms with E-state index in [-0.39, 0.29) is 6.04 Å². The smallest absolute Gasteiger partial charge is 0.213 e. The zero-order valence-corrected chi connectivity index (χ0v) is 11.1. The molecule has 1 aromatic rings. The van der Waals surface area contributed by atoms with Crippen molar-refractivity contribution in [1.82, 2.24) is 4.98 Å². The van der Waals surface area contributed by atoms with E-state index in [1.54, 1.807) is 13.3 Å². The van der Waals surface area contributed by atoms with Gasteiger partial charge in [-0.25, -0.2) is 4.98 Å². The Balaban J connectivity index is 2.17. The molecule has 2 N–H and O–H groups in total. The molecule has 0 amide bonds. The van der Waals surface area contributed by atoms with Crippen LogP contribution in [-0.4, -0.2) is 38.5 Å². The van der Waals surface area contributed by atoms with Gasteiger partial charge in [0.15, 0.2) is 0 Å². The van der Waals surface area contributed by atoms with Crippen LogP contribution >= 0.6 is 0 Å². The molecule has 0 aromatic carbocycles. The lowest BCUT2D eigenvalue weighted by atomic mass is 10.1. The van der Waals surface area contributed by atoms with Crippen LogP contribution in [0.5, 0.6) is 5.88 Å². The Morgan fingerprint density at radius 3 is 2.83 bits per heavy atom. The molecule has 18 heavy (non-hydrogen) atoms. The van der Waals surface area contributed by atoms with Crippen molar-refractivity contribution in [2.24, 2.45) is 5.73 Å². The zero-order valence-electron chi connectivity index (χ0n) is 11.1. The minimum atomic E-state index is -0.0133. The minimum Gasteiger partial charge on any atom is -0.475 e. The van der Waals surface area contributed by atoms with E-state index in [4.69, 9.17) is 19.9 Å². The summed E-state index contributed by atoms with van der Waals surface area (Å²) in [5.41, 5.74) is 6.80. The van der Waals surface area contributed by atoms with Crippen LogP contribution in [-0.2, 0) is 9.47 Å². The summed E-state index contributed by atoms with van der Waals surface area (Å²) in [5, 5.41) is 0. The number of aromatic nitrogens is 1. The monoisotopic (exact) mass is 254 g/mol. The van der Waals surface area contributed by atoms with E-state index < -0.39 is 0 Å². The number of pyridine rings is 1. The number of ether oxygens (including phenoxy) is 3. The van der Waals surface area contributed by atoms with Gasteiger partial charge in [0, 0.05) is 38.6 Å². The summed E-state index contributed by atoms with van der Waals surface area (Å²) in [4.78, 5) is 4.12. The van der Waals surface area contributed by atoms with Crippen molar-refractivity contribution in [3.05, 3.63) is 23.9 Å². The van der Waals surface area contributed by atoms with Crippen LogP contribution < -0.4 is 10.5 Å². The summed E-state index contributed by atoms with van der Waals surface area (Å²) in [6, 6.07) is 3.73. The molecule has 0 fully saturated rings. The molecule has 5 heteroatoms. The third-order valence-electron chi connectivity index (χ3n) is 2.40. The topological polar surface area (TPSA) is 66.6 Å². The van der Waals surface area contributed by atoms with Gasteiger partial charge in [0.25, 0.3) is 0 Å². The average molecular weight is 254 g/mol. The molecule has 0 saturated heterocycles.